The fourth-order valence-electron chi connectivity index (χ4n) is 0.680. The first-order valence-corrected chi connectivity index (χ1v) is 4.59. The van der Waals surface area contributed by atoms with Crippen LogP contribution in [0.5, 0.6) is 0 Å². The second-order valence-electron chi connectivity index (χ2n) is 2.58. The molecular formula is C13H19Cl2Zr. The quantitative estimate of drug-likeness (QED) is 0.563. The van der Waals surface area contributed by atoms with E-state index in [1.165, 1.54) is 0 Å². The molecule has 2 aliphatic carbocycles. The standard InChI is InChI=1S/2C5H5.C3H7.2ClH.Zr/c2*1-2-4-5-3-1;1-3-2;;;/h2*1-3H,4H2;3H,1-2H3;2*1H;/q3*-1;;;+3. The van der Waals surface area contributed by atoms with Crippen molar-refractivity contribution in [3.63, 3.8) is 0 Å². The molecule has 2 aliphatic rings. The van der Waals surface area contributed by atoms with Crippen molar-refractivity contribution < 1.29 is 26.2 Å². The van der Waals surface area contributed by atoms with Crippen LogP contribution in [0.1, 0.15) is 26.7 Å². The van der Waals surface area contributed by atoms with E-state index in [9.17, 15) is 0 Å². The Balaban J connectivity index is -0.0000000638. The molecule has 0 bridgehead atoms. The van der Waals surface area contributed by atoms with Crippen molar-refractivity contribution in [2.24, 2.45) is 0 Å². The van der Waals surface area contributed by atoms with Gasteiger partial charge in [0.2, 0.25) is 0 Å². The van der Waals surface area contributed by atoms with Crippen LogP contribution in [-0.4, -0.2) is 0 Å². The second kappa shape index (κ2) is 24.6. The third kappa shape index (κ3) is 23.9. The van der Waals surface area contributed by atoms with Crippen LogP contribution in [0.25, 0.3) is 0 Å². The average molecular weight is 337 g/mol. The molecule has 2 rings (SSSR count). The molecule has 0 nitrogen and oxygen atoms in total. The van der Waals surface area contributed by atoms with Gasteiger partial charge in [0.15, 0.2) is 0 Å². The van der Waals surface area contributed by atoms with E-state index >= 15 is 0 Å². The van der Waals surface area contributed by atoms with Crippen molar-refractivity contribution in [1.82, 2.24) is 0 Å². The summed E-state index contributed by atoms with van der Waals surface area (Å²) in [6.07, 6.45) is 22.0. The first-order chi connectivity index (χ1) is 6.41. The van der Waals surface area contributed by atoms with Gasteiger partial charge in [-0.1, -0.05) is 0 Å². The van der Waals surface area contributed by atoms with Crippen LogP contribution in [0.4, 0.5) is 0 Å². The zero-order valence-electron chi connectivity index (χ0n) is 9.77. The molecule has 0 saturated heterocycles. The number of hydrogen-bond donors (Lipinski definition) is 0. The van der Waals surface area contributed by atoms with Gasteiger partial charge in [0, 0.05) is 0 Å². The number of rotatable bonds is 0. The molecule has 0 spiro atoms. The van der Waals surface area contributed by atoms with Crippen molar-refractivity contribution in [2.45, 2.75) is 26.7 Å². The van der Waals surface area contributed by atoms with E-state index < -0.39 is 0 Å². The number of allylic oxidation sites excluding steroid dienone is 8. The van der Waals surface area contributed by atoms with Crippen molar-refractivity contribution >= 4 is 24.8 Å². The van der Waals surface area contributed by atoms with Crippen LogP contribution in [0.2, 0.25) is 0 Å². The van der Waals surface area contributed by atoms with Crippen LogP contribution < -0.4 is 0 Å². The van der Waals surface area contributed by atoms with Crippen LogP contribution in [0, 0.1) is 18.6 Å². The van der Waals surface area contributed by atoms with Crippen molar-refractivity contribution in [1.29, 1.82) is 0 Å². The van der Waals surface area contributed by atoms with E-state index in [0.29, 0.717) is 0 Å². The SMILES string of the molecule is C[CH-]C.Cl.Cl.[C-]1=CC=CC1.[C-]1=CC=CC1.[Zr+3]. The van der Waals surface area contributed by atoms with E-state index in [2.05, 4.69) is 24.3 Å². The Morgan fingerprint density at radius 2 is 1.19 bits per heavy atom. The van der Waals surface area contributed by atoms with Crippen LogP contribution in [0.15, 0.2) is 36.5 Å². The summed E-state index contributed by atoms with van der Waals surface area (Å²) in [5.74, 6) is 0. The molecule has 0 saturated carbocycles. The monoisotopic (exact) mass is 335 g/mol. The fourth-order valence-corrected chi connectivity index (χ4v) is 0.680. The van der Waals surface area contributed by atoms with E-state index in [0.717, 1.165) is 12.8 Å². The molecule has 0 aromatic rings. The molecule has 0 atom stereocenters. The van der Waals surface area contributed by atoms with Gasteiger partial charge >= 0.3 is 26.2 Å². The summed E-state index contributed by atoms with van der Waals surface area (Å²) in [4.78, 5) is 0. The molecule has 0 amide bonds. The van der Waals surface area contributed by atoms with Gasteiger partial charge in [-0.15, -0.1) is 37.7 Å². The fraction of sp³-hybridized carbons (Fsp3) is 0.308. The molecule has 3 heteroatoms. The van der Waals surface area contributed by atoms with Gasteiger partial charge in [-0.2, -0.15) is 26.0 Å². The molecule has 0 aliphatic heterocycles. The summed E-state index contributed by atoms with van der Waals surface area (Å²) in [5.41, 5.74) is 0. The Morgan fingerprint density at radius 3 is 1.25 bits per heavy atom. The molecule has 0 N–H and O–H groups in total. The van der Waals surface area contributed by atoms with E-state index in [4.69, 9.17) is 0 Å². The normalized spacial score (nSPS) is 12.1. The summed E-state index contributed by atoms with van der Waals surface area (Å²) in [6, 6.07) is 0. The van der Waals surface area contributed by atoms with Gasteiger partial charge in [0.05, 0.1) is 0 Å². The van der Waals surface area contributed by atoms with Crippen LogP contribution in [0.3, 0.4) is 0 Å². The largest absolute Gasteiger partial charge is 3.00 e. The van der Waals surface area contributed by atoms with Gasteiger partial charge in [-0.25, -0.2) is 24.3 Å². The van der Waals surface area contributed by atoms with Gasteiger partial charge in [-0.3, -0.25) is 12.2 Å². The minimum atomic E-state index is 0. The predicted octanol–water partition coefficient (Wildman–Crippen LogP) is 4.68. The Hall–Kier alpha value is 0.423. The Morgan fingerprint density at radius 1 is 0.875 bits per heavy atom. The third-order valence-corrected chi connectivity index (χ3v) is 1.17. The summed E-state index contributed by atoms with van der Waals surface area (Å²) >= 11 is 0. The van der Waals surface area contributed by atoms with Crippen LogP contribution in [-0.2, 0) is 26.2 Å². The van der Waals surface area contributed by atoms with Gasteiger partial charge in [0.25, 0.3) is 0 Å². The minimum absolute atomic E-state index is 0. The summed E-state index contributed by atoms with van der Waals surface area (Å²) in [6.45, 7) is 4.00. The van der Waals surface area contributed by atoms with Gasteiger partial charge in [-0.05, 0) is 0 Å². The summed E-state index contributed by atoms with van der Waals surface area (Å²) in [7, 11) is 0. The first kappa shape index (κ1) is 25.3. The Labute approximate surface area is 132 Å². The molecule has 0 heterocycles. The molecule has 0 unspecified atom stereocenters. The molecule has 89 valence electrons. The maximum Gasteiger partial charge on any atom is 3.00 e. The minimum Gasteiger partial charge on any atom is -0.335 e. The zero-order chi connectivity index (χ0) is 9.78. The van der Waals surface area contributed by atoms with E-state index in [1.807, 2.05) is 44.6 Å². The van der Waals surface area contributed by atoms with Crippen molar-refractivity contribution in [3.05, 3.63) is 55.0 Å². The Bertz CT molecular complexity index is 164. The average Bonchev–Trinajstić information content (AvgIpc) is 2.85. The van der Waals surface area contributed by atoms with Crippen molar-refractivity contribution in [3.8, 4) is 0 Å². The number of halogens is 2. The van der Waals surface area contributed by atoms with E-state index in [-0.39, 0.29) is 51.0 Å². The maximum absolute atomic E-state index is 2.99. The van der Waals surface area contributed by atoms with E-state index in [1.54, 1.807) is 0 Å². The van der Waals surface area contributed by atoms with Gasteiger partial charge < -0.3 is 6.42 Å². The molecule has 0 aromatic carbocycles. The number of hydrogen-bond acceptors (Lipinski definition) is 0. The molecule has 16 heavy (non-hydrogen) atoms. The molecule has 0 aromatic heterocycles. The van der Waals surface area contributed by atoms with Crippen LogP contribution >= 0.6 is 24.8 Å². The molecule has 0 fully saturated rings. The predicted molar refractivity (Wildman–Crippen MR) is 73.3 cm³/mol. The summed E-state index contributed by atoms with van der Waals surface area (Å²) < 4.78 is 0. The third-order valence-electron chi connectivity index (χ3n) is 1.17. The van der Waals surface area contributed by atoms with Crippen molar-refractivity contribution in [2.75, 3.05) is 0 Å². The molecular weight excluding hydrogens is 318 g/mol. The zero-order valence-corrected chi connectivity index (χ0v) is 13.9. The smallest absolute Gasteiger partial charge is 0.335 e. The first-order valence-electron chi connectivity index (χ1n) is 4.59. The molecule has 1 radical (unpaired) electrons. The Kier molecular flexibility index (Phi) is 38.9. The summed E-state index contributed by atoms with van der Waals surface area (Å²) in [5, 5.41) is 0. The maximum atomic E-state index is 2.99. The topological polar surface area (TPSA) is 0 Å². The van der Waals surface area contributed by atoms with Gasteiger partial charge in [0.1, 0.15) is 0 Å². The second-order valence-corrected chi connectivity index (χ2v) is 2.58.